The number of amides is 4. The lowest BCUT2D eigenvalue weighted by Crippen LogP contribution is -3.09. The number of quaternary nitrogens is 1. The number of aromatic amines is 1. The average molecular weight is 559 g/mol. The number of rotatable bonds is 5. The second-order valence-corrected chi connectivity index (χ2v) is 11.3. The molecule has 2 aromatic heterocycles. The van der Waals surface area contributed by atoms with Crippen LogP contribution in [-0.2, 0) is 13.0 Å². The van der Waals surface area contributed by atoms with Gasteiger partial charge in [0.25, 0.3) is 11.8 Å². The summed E-state index contributed by atoms with van der Waals surface area (Å²) < 4.78 is 0. The maximum absolute atomic E-state index is 13.3. The first-order chi connectivity index (χ1) is 18.2. The Hall–Kier alpha value is -3.03. The number of likely N-dealkylation sites (tertiary alicyclic amines) is 1. The van der Waals surface area contributed by atoms with Gasteiger partial charge in [-0.15, -0.1) is 11.3 Å². The number of carbonyl (C=O) groups excluding carboxylic acids is 3. The summed E-state index contributed by atoms with van der Waals surface area (Å²) in [5.41, 5.74) is 2.13. The number of urea groups is 1. The lowest BCUT2D eigenvalue weighted by Gasteiger charge is -2.39. The van der Waals surface area contributed by atoms with E-state index in [0.29, 0.717) is 35.2 Å². The van der Waals surface area contributed by atoms with Gasteiger partial charge in [-0.25, -0.2) is 9.78 Å². The number of thiazole rings is 1. The van der Waals surface area contributed by atoms with Crippen LogP contribution in [0, 0.1) is 0 Å². The average Bonchev–Trinajstić information content (AvgIpc) is 3.52. The number of benzene rings is 1. The second-order valence-electron chi connectivity index (χ2n) is 9.82. The summed E-state index contributed by atoms with van der Waals surface area (Å²) in [6.45, 7) is 4.32. The molecule has 0 saturated carbocycles. The highest BCUT2D eigenvalue weighted by molar-refractivity contribution is 7.13. The predicted molar refractivity (Wildman–Crippen MR) is 145 cm³/mol. The summed E-state index contributed by atoms with van der Waals surface area (Å²) in [7, 11) is 2.04. The Bertz CT molecular complexity index is 1370. The minimum atomic E-state index is -0.545. The number of H-pyrrole nitrogens is 1. The fourth-order valence-electron chi connectivity index (χ4n) is 4.92. The van der Waals surface area contributed by atoms with Crippen molar-refractivity contribution in [3.63, 3.8) is 0 Å². The Morgan fingerprint density at radius 3 is 2.79 bits per heavy atom. The molecule has 5 rings (SSSR count). The highest BCUT2D eigenvalue weighted by Gasteiger charge is 2.36. The molecule has 0 aliphatic carbocycles. The molecular weight excluding hydrogens is 528 g/mol. The zero-order valence-corrected chi connectivity index (χ0v) is 22.8. The highest BCUT2D eigenvalue weighted by Crippen LogP contribution is 2.25. The number of nitrogens with zero attached hydrogens (tertiary/aromatic N) is 3. The van der Waals surface area contributed by atoms with E-state index in [-0.39, 0.29) is 29.4 Å². The van der Waals surface area contributed by atoms with Gasteiger partial charge in [0.1, 0.15) is 5.69 Å². The molecule has 0 spiro atoms. The second kappa shape index (κ2) is 11.0. The normalized spacial score (nSPS) is 20.7. The molecular formula is C25H31ClN8O3S. The minimum absolute atomic E-state index is 0.0195. The molecule has 1 unspecified atom stereocenters. The maximum Gasteiger partial charge on any atom is 0.407 e. The first-order valence-electron chi connectivity index (χ1n) is 12.7. The number of nitrogens with one attached hydrogen (secondary N) is 5. The van der Waals surface area contributed by atoms with Crippen molar-refractivity contribution in [1.82, 2.24) is 30.4 Å². The number of carbonyl (C=O) groups is 3. The lowest BCUT2D eigenvalue weighted by atomic mass is 9.99. The maximum atomic E-state index is 13.3. The molecule has 0 bridgehead atoms. The lowest BCUT2D eigenvalue weighted by molar-refractivity contribution is -0.761. The van der Waals surface area contributed by atoms with Crippen LogP contribution >= 0.6 is 22.9 Å². The van der Waals surface area contributed by atoms with Gasteiger partial charge >= 0.3 is 6.03 Å². The van der Waals surface area contributed by atoms with E-state index in [1.54, 1.807) is 30.0 Å². The van der Waals surface area contributed by atoms with Gasteiger partial charge in [-0.05, 0) is 44.7 Å². The van der Waals surface area contributed by atoms with Gasteiger partial charge in [-0.3, -0.25) is 14.5 Å². The van der Waals surface area contributed by atoms with E-state index in [1.165, 1.54) is 11.3 Å². The van der Waals surface area contributed by atoms with Crippen molar-refractivity contribution in [3.05, 3.63) is 56.4 Å². The third kappa shape index (κ3) is 5.54. The molecule has 2 aliphatic rings. The van der Waals surface area contributed by atoms with Crippen molar-refractivity contribution in [1.29, 1.82) is 0 Å². The molecule has 202 valence electrons. The van der Waals surface area contributed by atoms with Gasteiger partial charge in [0.05, 0.1) is 24.3 Å². The van der Waals surface area contributed by atoms with E-state index >= 15 is 0 Å². The van der Waals surface area contributed by atoms with Crippen molar-refractivity contribution >= 4 is 51.7 Å². The smallest absolute Gasteiger partial charge is 0.407 e. The number of piperidine rings is 1. The molecule has 13 heteroatoms. The van der Waals surface area contributed by atoms with Crippen molar-refractivity contribution in [2.24, 2.45) is 0 Å². The van der Waals surface area contributed by atoms with Crippen LogP contribution in [0.15, 0.2) is 24.3 Å². The Morgan fingerprint density at radius 1 is 1.21 bits per heavy atom. The highest BCUT2D eigenvalue weighted by atomic mass is 35.5. The molecule has 3 aromatic rings. The van der Waals surface area contributed by atoms with Crippen molar-refractivity contribution in [3.8, 4) is 0 Å². The molecule has 38 heavy (non-hydrogen) atoms. The number of aromatic nitrogens is 2. The monoisotopic (exact) mass is 558 g/mol. The molecule has 1 fully saturated rings. The van der Waals surface area contributed by atoms with Gasteiger partial charge in [0.15, 0.2) is 5.01 Å². The van der Waals surface area contributed by atoms with E-state index in [0.717, 1.165) is 41.0 Å². The molecule has 11 nitrogen and oxygen atoms in total. The fourth-order valence-corrected chi connectivity index (χ4v) is 6.19. The van der Waals surface area contributed by atoms with Crippen molar-refractivity contribution in [2.75, 3.05) is 33.2 Å². The SMILES string of the molecule is CC[NH+]([NH-])C(=O)N1CC[C@H](NC(=O)c2cc3cc(Cl)ccc3[nH]2)[C@H](NC(=O)c2nc3c(s2)CN(C)CC3)C1. The summed E-state index contributed by atoms with van der Waals surface area (Å²) >= 11 is 7.47. The number of hydrogen-bond donors (Lipinski definition) is 4. The van der Waals surface area contributed by atoms with Crippen LogP contribution in [0.5, 0.6) is 0 Å². The van der Waals surface area contributed by atoms with Gasteiger partial charge in [-0.1, -0.05) is 11.6 Å². The first-order valence-corrected chi connectivity index (χ1v) is 13.8. The predicted octanol–water partition coefficient (Wildman–Crippen LogP) is 1.86. The molecule has 4 heterocycles. The van der Waals surface area contributed by atoms with Crippen LogP contribution in [0.4, 0.5) is 4.79 Å². The third-order valence-corrected chi connectivity index (χ3v) is 8.40. The number of fused-ring (bicyclic) bond motifs is 2. The van der Waals surface area contributed by atoms with Crippen LogP contribution in [0.1, 0.15) is 44.2 Å². The summed E-state index contributed by atoms with van der Waals surface area (Å²) in [6, 6.07) is 5.78. The summed E-state index contributed by atoms with van der Waals surface area (Å²) in [4.78, 5) is 51.7. The van der Waals surface area contributed by atoms with Crippen LogP contribution in [0.3, 0.4) is 0 Å². The Balaban J connectivity index is 1.34. The zero-order chi connectivity index (χ0) is 27.0. The Kier molecular flexibility index (Phi) is 7.68. The Morgan fingerprint density at radius 2 is 2.00 bits per heavy atom. The number of halogens is 1. The van der Waals surface area contributed by atoms with Crippen LogP contribution < -0.4 is 15.6 Å². The third-order valence-electron chi connectivity index (χ3n) is 7.09. The van der Waals surface area contributed by atoms with E-state index in [1.807, 2.05) is 13.1 Å². The molecule has 3 atom stereocenters. The van der Waals surface area contributed by atoms with E-state index in [9.17, 15) is 14.4 Å². The van der Waals surface area contributed by atoms with Crippen LogP contribution in [0.25, 0.3) is 16.7 Å². The van der Waals surface area contributed by atoms with E-state index < -0.39 is 12.1 Å². The Labute approximate surface area is 229 Å². The first kappa shape index (κ1) is 26.6. The summed E-state index contributed by atoms with van der Waals surface area (Å²) in [5.74, 6) is 7.35. The van der Waals surface area contributed by atoms with E-state index in [2.05, 4.69) is 25.5 Å². The molecule has 2 aliphatic heterocycles. The van der Waals surface area contributed by atoms with Gasteiger partial charge in [-0.2, -0.15) is 0 Å². The molecule has 1 saturated heterocycles. The molecule has 4 amide bonds. The fraction of sp³-hybridized carbons (Fsp3) is 0.440. The van der Waals surface area contributed by atoms with Gasteiger partial charge in [0.2, 0.25) is 0 Å². The van der Waals surface area contributed by atoms with Crippen LogP contribution in [-0.4, -0.2) is 82.9 Å². The van der Waals surface area contributed by atoms with Crippen molar-refractivity contribution < 1.29 is 19.4 Å². The van der Waals surface area contributed by atoms with Crippen molar-refractivity contribution in [2.45, 2.75) is 38.4 Å². The topological polar surface area (TPSA) is 139 Å². The number of likely N-dealkylation sites (N-methyl/N-ethyl adjacent to an activating group) is 1. The number of hydrogen-bond acceptors (Lipinski definition) is 6. The van der Waals surface area contributed by atoms with E-state index in [4.69, 9.17) is 17.4 Å². The standard InChI is InChI=1S/C25H31ClN8O3S/c1-3-34(27)25(37)33-9-7-17(29-22(35)19-11-14-10-15(26)4-5-16(14)28-19)20(12-33)30-23(36)24-31-18-6-8-32(2)13-21(18)38-24/h4-5,10-11,17,20,27-28,34H,3,6-9,12-13H2,1-2H3,(H,29,35)(H,30,36)/t17-,20+/m0/s1. The molecule has 1 aromatic carbocycles. The van der Waals surface area contributed by atoms with Gasteiger partial charge in [0, 0.05) is 53.4 Å². The summed E-state index contributed by atoms with van der Waals surface area (Å²) in [6.07, 6.45) is 1.24. The van der Waals surface area contributed by atoms with Gasteiger partial charge < -0.3 is 31.4 Å². The zero-order valence-electron chi connectivity index (χ0n) is 21.3. The summed E-state index contributed by atoms with van der Waals surface area (Å²) in [5, 5.41) is 7.87. The molecule has 5 N–H and O–H groups in total. The quantitative estimate of drug-likeness (QED) is 0.354. The van der Waals surface area contributed by atoms with Crippen LogP contribution in [0.2, 0.25) is 5.02 Å². The molecule has 0 radical (unpaired) electrons. The minimum Gasteiger partial charge on any atom is -0.460 e. The largest absolute Gasteiger partial charge is 0.460 e.